The fraction of sp³-hybridized carbons (Fsp3) is 0.143. The zero-order valence-electron chi connectivity index (χ0n) is 10.9. The van der Waals surface area contributed by atoms with Crippen molar-refractivity contribution in [3.05, 3.63) is 51.0 Å². The third kappa shape index (κ3) is 3.39. The Morgan fingerprint density at radius 2 is 1.95 bits per heavy atom. The third-order valence-corrected chi connectivity index (χ3v) is 3.74. The number of halogens is 4. The molecule has 2 aromatic rings. The molecule has 0 aromatic heterocycles. The van der Waals surface area contributed by atoms with Crippen molar-refractivity contribution in [1.29, 1.82) is 0 Å². The highest BCUT2D eigenvalue weighted by molar-refractivity contribution is 9.10. The normalized spacial score (nSPS) is 10.5. The third-order valence-electron chi connectivity index (χ3n) is 2.80. The summed E-state index contributed by atoms with van der Waals surface area (Å²) >= 11 is 9.12. The van der Waals surface area contributed by atoms with Gasteiger partial charge in [0, 0.05) is 6.07 Å². The first kappa shape index (κ1) is 15.9. The van der Waals surface area contributed by atoms with Crippen LogP contribution in [0, 0.1) is 11.6 Å². The lowest BCUT2D eigenvalue weighted by atomic mass is 10.2. The van der Waals surface area contributed by atoms with Crippen LogP contribution < -0.4 is 15.2 Å². The molecule has 0 spiro atoms. The molecule has 3 nitrogen and oxygen atoms in total. The summed E-state index contributed by atoms with van der Waals surface area (Å²) in [7, 11) is 1.37. The van der Waals surface area contributed by atoms with Crippen LogP contribution in [0.25, 0.3) is 0 Å². The quantitative estimate of drug-likeness (QED) is 0.794. The van der Waals surface area contributed by atoms with Crippen LogP contribution in [-0.4, -0.2) is 7.11 Å². The highest BCUT2D eigenvalue weighted by atomic mass is 79.9. The fourth-order valence-corrected chi connectivity index (χ4v) is 2.46. The molecule has 2 N–H and O–H groups in total. The van der Waals surface area contributed by atoms with E-state index in [9.17, 15) is 8.78 Å². The number of anilines is 1. The molecule has 0 saturated heterocycles. The predicted molar refractivity (Wildman–Crippen MR) is 80.8 cm³/mol. The average Bonchev–Trinajstić information content (AvgIpc) is 2.45. The molecule has 0 atom stereocenters. The Kier molecular flexibility index (Phi) is 4.90. The monoisotopic (exact) mass is 377 g/mol. The minimum Gasteiger partial charge on any atom is -0.496 e. The molecule has 0 aliphatic rings. The second kappa shape index (κ2) is 6.49. The number of rotatable bonds is 4. The molecule has 0 aliphatic heterocycles. The van der Waals surface area contributed by atoms with Gasteiger partial charge in [0.25, 0.3) is 0 Å². The van der Waals surface area contributed by atoms with E-state index in [1.807, 2.05) is 0 Å². The van der Waals surface area contributed by atoms with Crippen molar-refractivity contribution >= 4 is 33.2 Å². The Bertz CT molecular complexity index is 683. The molecule has 0 saturated carbocycles. The van der Waals surface area contributed by atoms with Crippen LogP contribution in [-0.2, 0) is 6.61 Å². The van der Waals surface area contributed by atoms with E-state index in [2.05, 4.69) is 15.9 Å². The van der Waals surface area contributed by atoms with Crippen molar-refractivity contribution in [3.63, 3.8) is 0 Å². The summed E-state index contributed by atoms with van der Waals surface area (Å²) < 4.78 is 38.1. The molecule has 0 radical (unpaired) electrons. The average molecular weight is 379 g/mol. The number of nitrogens with two attached hydrogens (primary N) is 1. The number of ether oxygens (including phenoxy) is 2. The zero-order chi connectivity index (χ0) is 15.6. The first-order valence-corrected chi connectivity index (χ1v) is 6.99. The van der Waals surface area contributed by atoms with Crippen molar-refractivity contribution in [1.82, 2.24) is 0 Å². The summed E-state index contributed by atoms with van der Waals surface area (Å²) in [5.74, 6) is -1.41. The zero-order valence-corrected chi connectivity index (χ0v) is 13.3. The predicted octanol–water partition coefficient (Wildman–Crippen LogP) is 4.55. The Labute approximate surface area is 133 Å². The molecule has 7 heteroatoms. The number of nitrogen functional groups attached to an aromatic ring is 1. The van der Waals surface area contributed by atoms with Gasteiger partial charge in [-0.25, -0.2) is 8.78 Å². The van der Waals surface area contributed by atoms with Crippen LogP contribution in [0.2, 0.25) is 5.02 Å². The minimum atomic E-state index is -1.01. The molecular weight excluding hydrogens is 368 g/mol. The highest BCUT2D eigenvalue weighted by Gasteiger charge is 2.16. The van der Waals surface area contributed by atoms with Gasteiger partial charge in [-0.1, -0.05) is 11.6 Å². The van der Waals surface area contributed by atoms with E-state index >= 15 is 0 Å². The van der Waals surface area contributed by atoms with E-state index in [1.54, 1.807) is 6.07 Å². The Balaban J connectivity index is 2.28. The maximum atomic E-state index is 13.8. The van der Waals surface area contributed by atoms with E-state index in [0.29, 0.717) is 20.9 Å². The largest absolute Gasteiger partial charge is 0.496 e. The van der Waals surface area contributed by atoms with E-state index in [1.165, 1.54) is 19.2 Å². The van der Waals surface area contributed by atoms with Crippen LogP contribution in [0.4, 0.5) is 14.5 Å². The first-order chi connectivity index (χ1) is 9.93. The standard InChI is InChI=1S/C14H11BrClF2NO2/c1-20-12-3-2-10(17)14(18)7(12)6-21-13-5-11(19)9(16)4-8(13)15/h2-5H,6,19H2,1H3. The summed E-state index contributed by atoms with van der Waals surface area (Å²) in [5, 5.41) is 0.365. The second-order valence-electron chi connectivity index (χ2n) is 4.13. The Morgan fingerprint density at radius 3 is 2.62 bits per heavy atom. The van der Waals surface area contributed by atoms with Gasteiger partial charge in [0.15, 0.2) is 11.6 Å². The van der Waals surface area contributed by atoms with E-state index in [0.717, 1.165) is 6.07 Å². The number of hydrogen-bond donors (Lipinski definition) is 1. The molecule has 0 heterocycles. The summed E-state index contributed by atoms with van der Waals surface area (Å²) in [6.07, 6.45) is 0. The second-order valence-corrected chi connectivity index (χ2v) is 5.40. The lowest BCUT2D eigenvalue weighted by Gasteiger charge is -2.13. The van der Waals surface area contributed by atoms with Crippen LogP contribution in [0.1, 0.15) is 5.56 Å². The van der Waals surface area contributed by atoms with E-state index in [-0.39, 0.29) is 17.9 Å². The maximum absolute atomic E-state index is 13.8. The Hall–Kier alpha value is -1.53. The van der Waals surface area contributed by atoms with Gasteiger partial charge in [0.05, 0.1) is 27.9 Å². The number of hydrogen-bond acceptors (Lipinski definition) is 3. The van der Waals surface area contributed by atoms with Crippen molar-refractivity contribution in [2.75, 3.05) is 12.8 Å². The molecule has 0 aliphatic carbocycles. The van der Waals surface area contributed by atoms with Gasteiger partial charge in [-0.15, -0.1) is 0 Å². The van der Waals surface area contributed by atoms with Crippen molar-refractivity contribution in [3.8, 4) is 11.5 Å². The lowest BCUT2D eigenvalue weighted by molar-refractivity contribution is 0.285. The molecule has 0 bridgehead atoms. The summed E-state index contributed by atoms with van der Waals surface area (Å²) in [6, 6.07) is 5.39. The summed E-state index contributed by atoms with van der Waals surface area (Å²) in [4.78, 5) is 0. The molecule has 0 amide bonds. The molecule has 21 heavy (non-hydrogen) atoms. The molecule has 0 fully saturated rings. The topological polar surface area (TPSA) is 44.5 Å². The van der Waals surface area contributed by atoms with Gasteiger partial charge < -0.3 is 15.2 Å². The Morgan fingerprint density at radius 1 is 1.24 bits per heavy atom. The summed E-state index contributed by atoms with van der Waals surface area (Å²) in [6.45, 7) is -0.216. The van der Waals surface area contributed by atoms with Crippen molar-refractivity contribution in [2.45, 2.75) is 6.61 Å². The van der Waals surface area contributed by atoms with Crippen LogP contribution in [0.3, 0.4) is 0 Å². The van der Waals surface area contributed by atoms with Crippen LogP contribution >= 0.6 is 27.5 Å². The van der Waals surface area contributed by atoms with Crippen LogP contribution in [0.5, 0.6) is 11.5 Å². The van der Waals surface area contributed by atoms with Gasteiger partial charge in [-0.3, -0.25) is 0 Å². The van der Waals surface area contributed by atoms with Crippen molar-refractivity contribution in [2.24, 2.45) is 0 Å². The molecule has 2 aromatic carbocycles. The molecular formula is C14H11BrClF2NO2. The van der Waals surface area contributed by atoms with Gasteiger partial charge >= 0.3 is 0 Å². The van der Waals surface area contributed by atoms with E-state index < -0.39 is 11.6 Å². The smallest absolute Gasteiger partial charge is 0.169 e. The number of benzene rings is 2. The lowest BCUT2D eigenvalue weighted by Crippen LogP contribution is -2.04. The molecule has 2 rings (SSSR count). The molecule has 112 valence electrons. The van der Waals surface area contributed by atoms with E-state index in [4.69, 9.17) is 26.8 Å². The van der Waals surface area contributed by atoms with Gasteiger partial charge in [0.1, 0.15) is 18.1 Å². The fourth-order valence-electron chi connectivity index (χ4n) is 1.71. The molecule has 0 unspecified atom stereocenters. The van der Waals surface area contributed by atoms with Gasteiger partial charge in [-0.2, -0.15) is 0 Å². The van der Waals surface area contributed by atoms with Crippen molar-refractivity contribution < 1.29 is 18.3 Å². The van der Waals surface area contributed by atoms with Crippen LogP contribution in [0.15, 0.2) is 28.7 Å². The maximum Gasteiger partial charge on any atom is 0.169 e. The van der Waals surface area contributed by atoms with Gasteiger partial charge in [-0.05, 0) is 34.1 Å². The van der Waals surface area contributed by atoms with Gasteiger partial charge in [0.2, 0.25) is 0 Å². The first-order valence-electron chi connectivity index (χ1n) is 5.82. The number of methoxy groups -OCH3 is 1. The SMILES string of the molecule is COc1ccc(F)c(F)c1COc1cc(N)c(Cl)cc1Br. The summed E-state index contributed by atoms with van der Waals surface area (Å²) in [5.41, 5.74) is 5.98. The highest BCUT2D eigenvalue weighted by Crippen LogP contribution is 2.34. The minimum absolute atomic E-state index is 0.0158.